The predicted molar refractivity (Wildman–Crippen MR) is 69.6 cm³/mol. The maximum atomic E-state index is 11.5. The van der Waals surface area contributed by atoms with Crippen LogP contribution in [0.4, 0.5) is 17.3 Å². The zero-order valence-corrected chi connectivity index (χ0v) is 10.2. The number of anilines is 3. The average Bonchev–Trinajstić information content (AvgIpc) is 2.30. The van der Waals surface area contributed by atoms with Crippen LogP contribution < -0.4 is 21.7 Å². The molecule has 1 amide bonds. The SMILES string of the molecule is CCCNC(=O)CN(C)c1ccc(N)c(N)n1. The van der Waals surface area contributed by atoms with Crippen molar-refractivity contribution in [2.75, 3.05) is 36.5 Å². The Bertz CT molecular complexity index is 393. The van der Waals surface area contributed by atoms with Crippen LogP contribution in [0.2, 0.25) is 0 Å². The van der Waals surface area contributed by atoms with Crippen LogP contribution in [-0.4, -0.2) is 31.0 Å². The molecule has 1 aromatic heterocycles. The second kappa shape index (κ2) is 5.93. The Morgan fingerprint density at radius 1 is 1.47 bits per heavy atom. The summed E-state index contributed by atoms with van der Waals surface area (Å²) in [6.45, 7) is 2.94. The lowest BCUT2D eigenvalue weighted by Crippen LogP contribution is -2.35. The van der Waals surface area contributed by atoms with Crippen molar-refractivity contribution in [3.63, 3.8) is 0 Å². The number of pyridine rings is 1. The summed E-state index contributed by atoms with van der Waals surface area (Å²) in [5.41, 5.74) is 11.6. The largest absolute Gasteiger partial charge is 0.396 e. The Morgan fingerprint density at radius 2 is 2.18 bits per heavy atom. The van der Waals surface area contributed by atoms with E-state index in [1.807, 2.05) is 6.92 Å². The van der Waals surface area contributed by atoms with Gasteiger partial charge in [-0.05, 0) is 18.6 Å². The molecule has 17 heavy (non-hydrogen) atoms. The molecule has 0 unspecified atom stereocenters. The number of likely N-dealkylation sites (N-methyl/N-ethyl adjacent to an activating group) is 1. The molecular weight excluding hydrogens is 218 g/mol. The van der Waals surface area contributed by atoms with Gasteiger partial charge in [0, 0.05) is 13.6 Å². The van der Waals surface area contributed by atoms with Gasteiger partial charge in [0.2, 0.25) is 5.91 Å². The molecule has 0 fully saturated rings. The van der Waals surface area contributed by atoms with E-state index in [0.717, 1.165) is 6.42 Å². The van der Waals surface area contributed by atoms with Crippen molar-refractivity contribution in [2.45, 2.75) is 13.3 Å². The Balaban J connectivity index is 2.60. The minimum atomic E-state index is -0.0356. The van der Waals surface area contributed by atoms with Gasteiger partial charge in [-0.3, -0.25) is 4.79 Å². The van der Waals surface area contributed by atoms with Crippen LogP contribution in [0.5, 0.6) is 0 Å². The van der Waals surface area contributed by atoms with E-state index in [4.69, 9.17) is 11.5 Å². The number of nitrogens with one attached hydrogen (secondary N) is 1. The van der Waals surface area contributed by atoms with Gasteiger partial charge in [0.05, 0.1) is 12.2 Å². The molecule has 0 saturated heterocycles. The lowest BCUT2D eigenvalue weighted by Gasteiger charge is -2.18. The molecule has 1 rings (SSSR count). The maximum absolute atomic E-state index is 11.5. The molecule has 6 nitrogen and oxygen atoms in total. The van der Waals surface area contributed by atoms with Crippen molar-refractivity contribution in [1.82, 2.24) is 10.3 Å². The number of hydrogen-bond acceptors (Lipinski definition) is 5. The van der Waals surface area contributed by atoms with Gasteiger partial charge >= 0.3 is 0 Å². The van der Waals surface area contributed by atoms with Gasteiger partial charge in [-0.1, -0.05) is 6.92 Å². The number of hydrogen-bond donors (Lipinski definition) is 3. The summed E-state index contributed by atoms with van der Waals surface area (Å²) in [7, 11) is 1.78. The summed E-state index contributed by atoms with van der Waals surface area (Å²) in [5.74, 6) is 0.873. The van der Waals surface area contributed by atoms with Crippen LogP contribution in [0, 0.1) is 0 Å². The molecular formula is C11H19N5O. The minimum Gasteiger partial charge on any atom is -0.396 e. The normalized spacial score (nSPS) is 10.0. The number of nitrogens with zero attached hydrogens (tertiary/aromatic N) is 2. The second-order valence-corrected chi connectivity index (χ2v) is 3.85. The summed E-state index contributed by atoms with van der Waals surface area (Å²) in [4.78, 5) is 17.3. The van der Waals surface area contributed by atoms with Crippen LogP contribution in [0.3, 0.4) is 0 Å². The van der Waals surface area contributed by atoms with Crippen LogP contribution in [0.15, 0.2) is 12.1 Å². The van der Waals surface area contributed by atoms with Crippen molar-refractivity contribution in [3.05, 3.63) is 12.1 Å². The third kappa shape index (κ3) is 3.82. The second-order valence-electron chi connectivity index (χ2n) is 3.85. The topological polar surface area (TPSA) is 97.3 Å². The molecule has 0 saturated carbocycles. The molecule has 0 aliphatic heterocycles. The summed E-state index contributed by atoms with van der Waals surface area (Å²) < 4.78 is 0. The quantitative estimate of drug-likeness (QED) is 0.680. The number of carbonyl (C=O) groups is 1. The number of rotatable bonds is 5. The van der Waals surface area contributed by atoms with E-state index in [1.54, 1.807) is 24.1 Å². The standard InChI is InChI=1S/C11H19N5O/c1-3-6-14-10(17)7-16(2)9-5-4-8(12)11(13)15-9/h4-5H,3,6-7,12H2,1-2H3,(H2,13,15)(H,14,17). The molecule has 0 spiro atoms. The first-order chi connectivity index (χ1) is 8.04. The number of amides is 1. The van der Waals surface area contributed by atoms with Gasteiger partial charge in [-0.25, -0.2) is 4.98 Å². The van der Waals surface area contributed by atoms with E-state index in [2.05, 4.69) is 10.3 Å². The minimum absolute atomic E-state index is 0.0356. The number of nitrogen functional groups attached to an aromatic ring is 2. The highest BCUT2D eigenvalue weighted by molar-refractivity contribution is 5.81. The molecule has 5 N–H and O–H groups in total. The lowest BCUT2D eigenvalue weighted by atomic mass is 10.3. The fraction of sp³-hybridized carbons (Fsp3) is 0.455. The van der Waals surface area contributed by atoms with Crippen molar-refractivity contribution in [3.8, 4) is 0 Å². The summed E-state index contributed by atoms with van der Waals surface area (Å²) >= 11 is 0. The monoisotopic (exact) mass is 237 g/mol. The van der Waals surface area contributed by atoms with Crippen molar-refractivity contribution in [2.24, 2.45) is 0 Å². The zero-order chi connectivity index (χ0) is 12.8. The summed E-state index contributed by atoms with van der Waals surface area (Å²) in [6, 6.07) is 3.41. The third-order valence-corrected chi connectivity index (χ3v) is 2.29. The molecule has 0 aliphatic carbocycles. The van der Waals surface area contributed by atoms with Crippen molar-refractivity contribution in [1.29, 1.82) is 0 Å². The Kier molecular flexibility index (Phi) is 4.56. The van der Waals surface area contributed by atoms with Crippen LogP contribution in [-0.2, 0) is 4.79 Å². The Morgan fingerprint density at radius 3 is 2.76 bits per heavy atom. The van der Waals surface area contributed by atoms with Gasteiger partial charge < -0.3 is 21.7 Å². The van der Waals surface area contributed by atoms with Crippen molar-refractivity contribution < 1.29 is 4.79 Å². The average molecular weight is 237 g/mol. The molecule has 0 atom stereocenters. The fourth-order valence-electron chi connectivity index (χ4n) is 1.30. The number of carbonyl (C=O) groups excluding carboxylic acids is 1. The van der Waals surface area contributed by atoms with Crippen LogP contribution >= 0.6 is 0 Å². The van der Waals surface area contributed by atoms with E-state index in [0.29, 0.717) is 18.1 Å². The van der Waals surface area contributed by atoms with E-state index in [-0.39, 0.29) is 18.3 Å². The van der Waals surface area contributed by atoms with E-state index in [1.165, 1.54) is 0 Å². The van der Waals surface area contributed by atoms with Gasteiger partial charge in [0.25, 0.3) is 0 Å². The van der Waals surface area contributed by atoms with Gasteiger partial charge in [0.1, 0.15) is 11.6 Å². The highest BCUT2D eigenvalue weighted by atomic mass is 16.2. The molecule has 0 aromatic carbocycles. The van der Waals surface area contributed by atoms with Gasteiger partial charge in [-0.15, -0.1) is 0 Å². The first kappa shape index (κ1) is 13.1. The molecule has 0 aliphatic rings. The first-order valence-corrected chi connectivity index (χ1v) is 5.54. The zero-order valence-electron chi connectivity index (χ0n) is 10.2. The molecule has 6 heteroatoms. The van der Waals surface area contributed by atoms with E-state index in [9.17, 15) is 4.79 Å². The van der Waals surface area contributed by atoms with E-state index < -0.39 is 0 Å². The van der Waals surface area contributed by atoms with E-state index >= 15 is 0 Å². The fourth-order valence-corrected chi connectivity index (χ4v) is 1.30. The van der Waals surface area contributed by atoms with Gasteiger partial charge in [0.15, 0.2) is 0 Å². The first-order valence-electron chi connectivity index (χ1n) is 5.54. The Hall–Kier alpha value is -1.98. The highest BCUT2D eigenvalue weighted by Crippen LogP contribution is 2.16. The molecule has 94 valence electrons. The molecule has 1 aromatic rings. The van der Waals surface area contributed by atoms with Gasteiger partial charge in [-0.2, -0.15) is 0 Å². The smallest absolute Gasteiger partial charge is 0.239 e. The molecule has 1 heterocycles. The Labute approximate surface area is 101 Å². The lowest BCUT2D eigenvalue weighted by molar-refractivity contribution is -0.119. The number of nitrogens with two attached hydrogens (primary N) is 2. The number of aromatic nitrogens is 1. The highest BCUT2D eigenvalue weighted by Gasteiger charge is 2.08. The summed E-state index contributed by atoms with van der Waals surface area (Å²) in [5, 5.41) is 2.79. The van der Waals surface area contributed by atoms with Crippen molar-refractivity contribution >= 4 is 23.2 Å². The van der Waals surface area contributed by atoms with Crippen LogP contribution in [0.1, 0.15) is 13.3 Å². The van der Waals surface area contributed by atoms with Crippen LogP contribution in [0.25, 0.3) is 0 Å². The summed E-state index contributed by atoms with van der Waals surface area (Å²) in [6.07, 6.45) is 0.919. The third-order valence-electron chi connectivity index (χ3n) is 2.29. The molecule has 0 radical (unpaired) electrons. The predicted octanol–water partition coefficient (Wildman–Crippen LogP) is 0.208. The molecule has 0 bridgehead atoms. The maximum Gasteiger partial charge on any atom is 0.239 e.